The predicted molar refractivity (Wildman–Crippen MR) is 102 cm³/mol. The van der Waals surface area contributed by atoms with Crippen molar-refractivity contribution in [1.82, 2.24) is 10.2 Å². The Kier molecular flexibility index (Phi) is 5.11. The lowest BCUT2D eigenvalue weighted by atomic mass is 9.94. The Balaban J connectivity index is 1.26. The van der Waals surface area contributed by atoms with Crippen molar-refractivity contribution in [3.05, 3.63) is 24.3 Å². The molecular weight excluding hydrogens is 312 g/mol. The maximum atomic E-state index is 11.8. The zero-order valence-electron chi connectivity index (χ0n) is 15.0. The largest absolute Gasteiger partial charge is 0.369 e. The Morgan fingerprint density at radius 2 is 1.56 bits per heavy atom. The number of carbonyl (C=O) groups is 1. The van der Waals surface area contributed by atoms with Crippen molar-refractivity contribution in [3.8, 4) is 0 Å². The van der Waals surface area contributed by atoms with Gasteiger partial charge in [-0.2, -0.15) is 0 Å². The molecule has 2 N–H and O–H groups in total. The van der Waals surface area contributed by atoms with Crippen LogP contribution in [-0.2, 0) is 0 Å². The molecule has 1 aromatic rings. The minimum atomic E-state index is -0.0867. The topological polar surface area (TPSA) is 47.6 Å². The molecule has 136 valence electrons. The van der Waals surface area contributed by atoms with Crippen molar-refractivity contribution in [1.29, 1.82) is 0 Å². The van der Waals surface area contributed by atoms with Crippen molar-refractivity contribution >= 4 is 17.4 Å². The van der Waals surface area contributed by atoms with Crippen molar-refractivity contribution in [3.63, 3.8) is 0 Å². The third-order valence-electron chi connectivity index (χ3n) is 5.81. The smallest absolute Gasteiger partial charge is 0.319 e. The van der Waals surface area contributed by atoms with Gasteiger partial charge in [-0.25, -0.2) is 4.79 Å². The number of hydrogen-bond acceptors (Lipinski definition) is 3. The molecular formula is C20H30N4O. The van der Waals surface area contributed by atoms with Crippen molar-refractivity contribution in [2.45, 2.75) is 57.0 Å². The highest BCUT2D eigenvalue weighted by Crippen LogP contribution is 2.25. The molecule has 25 heavy (non-hydrogen) atoms. The lowest BCUT2D eigenvalue weighted by Crippen LogP contribution is -2.50. The van der Waals surface area contributed by atoms with Crippen LogP contribution >= 0.6 is 0 Å². The number of urea groups is 1. The second kappa shape index (κ2) is 7.65. The molecule has 2 amide bonds. The molecule has 0 spiro atoms. The normalized spacial score (nSPS) is 22.6. The lowest BCUT2D eigenvalue weighted by Gasteiger charge is -2.41. The number of nitrogens with zero attached hydrogens (tertiary/aromatic N) is 2. The number of anilines is 2. The van der Waals surface area contributed by atoms with Gasteiger partial charge in [0.2, 0.25) is 0 Å². The molecule has 4 rings (SSSR count). The van der Waals surface area contributed by atoms with Crippen LogP contribution in [0.1, 0.15) is 44.9 Å². The zero-order chi connectivity index (χ0) is 17.1. The van der Waals surface area contributed by atoms with Crippen molar-refractivity contribution in [2.24, 2.45) is 0 Å². The predicted octanol–water partition coefficient (Wildman–Crippen LogP) is 3.43. The highest BCUT2D eigenvalue weighted by atomic mass is 16.2. The van der Waals surface area contributed by atoms with Gasteiger partial charge in [-0.1, -0.05) is 19.3 Å². The number of rotatable bonds is 4. The van der Waals surface area contributed by atoms with Gasteiger partial charge in [0, 0.05) is 49.6 Å². The summed E-state index contributed by atoms with van der Waals surface area (Å²) in [4.78, 5) is 17.0. The van der Waals surface area contributed by atoms with Gasteiger partial charge in [-0.05, 0) is 49.9 Å². The summed E-state index contributed by atoms with van der Waals surface area (Å²) in [7, 11) is 0. The van der Waals surface area contributed by atoms with Gasteiger partial charge in [-0.15, -0.1) is 0 Å². The third-order valence-corrected chi connectivity index (χ3v) is 5.81. The SMILES string of the molecule is O=C(Nc1ccc(N2CCN(C3CCCCC3)CC2)cc1)NC1CC1. The van der Waals surface area contributed by atoms with Crippen LogP contribution in [0.5, 0.6) is 0 Å². The van der Waals surface area contributed by atoms with Crippen molar-refractivity contribution < 1.29 is 4.79 Å². The summed E-state index contributed by atoms with van der Waals surface area (Å²) < 4.78 is 0. The molecule has 3 aliphatic rings. The van der Waals surface area contributed by atoms with Gasteiger partial charge in [0.15, 0.2) is 0 Å². The van der Waals surface area contributed by atoms with Crippen LogP contribution < -0.4 is 15.5 Å². The Morgan fingerprint density at radius 3 is 2.20 bits per heavy atom. The van der Waals surface area contributed by atoms with Crippen molar-refractivity contribution in [2.75, 3.05) is 36.4 Å². The Bertz CT molecular complexity index is 570. The minimum Gasteiger partial charge on any atom is -0.369 e. The van der Waals surface area contributed by atoms with Gasteiger partial charge in [0.05, 0.1) is 0 Å². The fraction of sp³-hybridized carbons (Fsp3) is 0.650. The van der Waals surface area contributed by atoms with E-state index in [9.17, 15) is 4.79 Å². The van der Waals surface area contributed by atoms with E-state index in [1.807, 2.05) is 12.1 Å². The number of nitrogens with one attached hydrogen (secondary N) is 2. The maximum absolute atomic E-state index is 11.8. The van der Waals surface area contributed by atoms with Gasteiger partial charge in [0.25, 0.3) is 0 Å². The molecule has 0 bridgehead atoms. The Hall–Kier alpha value is -1.75. The summed E-state index contributed by atoms with van der Waals surface area (Å²) >= 11 is 0. The van der Waals surface area contributed by atoms with Crippen LogP contribution in [0.25, 0.3) is 0 Å². The first-order chi connectivity index (χ1) is 12.3. The highest BCUT2D eigenvalue weighted by Gasteiger charge is 2.25. The summed E-state index contributed by atoms with van der Waals surface area (Å²) in [5, 5.41) is 5.87. The molecule has 1 saturated heterocycles. The summed E-state index contributed by atoms with van der Waals surface area (Å²) in [6.45, 7) is 4.56. The monoisotopic (exact) mass is 342 g/mol. The first-order valence-electron chi connectivity index (χ1n) is 9.94. The maximum Gasteiger partial charge on any atom is 0.319 e. The standard InChI is InChI=1S/C20H30N4O/c25-20(21-16-6-7-16)22-17-8-10-19(11-9-17)24-14-12-23(13-15-24)18-4-2-1-3-5-18/h8-11,16,18H,1-7,12-15H2,(H2,21,22,25). The van der Waals surface area contributed by atoms with E-state index in [1.165, 1.54) is 50.9 Å². The molecule has 0 aromatic heterocycles. The fourth-order valence-electron chi connectivity index (χ4n) is 4.13. The fourth-order valence-corrected chi connectivity index (χ4v) is 4.13. The van der Waals surface area contributed by atoms with Crippen LogP contribution in [0.4, 0.5) is 16.2 Å². The zero-order valence-corrected chi connectivity index (χ0v) is 15.0. The first-order valence-corrected chi connectivity index (χ1v) is 9.94. The van der Waals surface area contributed by atoms with Crippen LogP contribution in [0.15, 0.2) is 24.3 Å². The molecule has 0 radical (unpaired) electrons. The Morgan fingerprint density at radius 1 is 0.880 bits per heavy atom. The highest BCUT2D eigenvalue weighted by molar-refractivity contribution is 5.89. The van der Waals surface area contributed by atoms with E-state index >= 15 is 0 Å². The minimum absolute atomic E-state index is 0.0867. The quantitative estimate of drug-likeness (QED) is 0.881. The van der Waals surface area contributed by atoms with E-state index in [4.69, 9.17) is 0 Å². The van der Waals surface area contributed by atoms with E-state index in [0.29, 0.717) is 6.04 Å². The second-order valence-electron chi connectivity index (χ2n) is 7.73. The molecule has 1 aliphatic heterocycles. The van der Waals surface area contributed by atoms with Crippen LogP contribution in [0.2, 0.25) is 0 Å². The van der Waals surface area contributed by atoms with E-state index in [2.05, 4.69) is 32.6 Å². The molecule has 1 aromatic carbocycles. The van der Waals surface area contributed by atoms with Gasteiger partial charge in [-0.3, -0.25) is 4.90 Å². The van der Waals surface area contributed by atoms with Crippen LogP contribution in [0, 0.1) is 0 Å². The van der Waals surface area contributed by atoms with Crippen LogP contribution in [0.3, 0.4) is 0 Å². The summed E-state index contributed by atoms with van der Waals surface area (Å²) in [6, 6.07) is 9.40. The average molecular weight is 342 g/mol. The van der Waals surface area contributed by atoms with E-state index in [0.717, 1.165) is 37.7 Å². The van der Waals surface area contributed by atoms with E-state index < -0.39 is 0 Å². The summed E-state index contributed by atoms with van der Waals surface area (Å²) in [5.74, 6) is 0. The van der Waals surface area contributed by atoms with Crippen LogP contribution in [-0.4, -0.2) is 49.2 Å². The lowest BCUT2D eigenvalue weighted by molar-refractivity contribution is 0.148. The van der Waals surface area contributed by atoms with E-state index in [1.54, 1.807) is 0 Å². The molecule has 0 unspecified atom stereocenters. The number of hydrogen-bond donors (Lipinski definition) is 2. The molecule has 2 saturated carbocycles. The molecule has 1 heterocycles. The summed E-state index contributed by atoms with van der Waals surface area (Å²) in [6.07, 6.45) is 9.25. The first kappa shape index (κ1) is 16.7. The number of carbonyl (C=O) groups excluding carboxylic acids is 1. The average Bonchev–Trinajstić information content (AvgIpc) is 3.47. The summed E-state index contributed by atoms with van der Waals surface area (Å²) in [5.41, 5.74) is 2.12. The third kappa shape index (κ3) is 4.46. The van der Waals surface area contributed by atoms with Gasteiger partial charge in [0.1, 0.15) is 0 Å². The molecule has 0 atom stereocenters. The van der Waals surface area contributed by atoms with Gasteiger partial charge >= 0.3 is 6.03 Å². The number of amides is 2. The molecule has 5 heteroatoms. The molecule has 3 fully saturated rings. The molecule has 5 nitrogen and oxygen atoms in total. The number of benzene rings is 1. The van der Waals surface area contributed by atoms with E-state index in [-0.39, 0.29) is 6.03 Å². The van der Waals surface area contributed by atoms with Gasteiger partial charge < -0.3 is 15.5 Å². The second-order valence-corrected chi connectivity index (χ2v) is 7.73. The molecule has 2 aliphatic carbocycles. The Labute approximate surface area is 150 Å². The number of piperazine rings is 1.